The van der Waals surface area contributed by atoms with Gasteiger partial charge >= 0.3 is 0 Å². The number of hydrogen-bond donors (Lipinski definition) is 0. The molecular formula is C28H25N3O3S. The minimum atomic E-state index is -3.87. The lowest BCUT2D eigenvalue weighted by atomic mass is 10.1. The molecule has 0 bridgehead atoms. The van der Waals surface area contributed by atoms with Gasteiger partial charge in [-0.2, -0.15) is 4.31 Å². The van der Waals surface area contributed by atoms with Crippen molar-refractivity contribution in [2.75, 3.05) is 7.05 Å². The predicted molar refractivity (Wildman–Crippen MR) is 139 cm³/mol. The lowest BCUT2D eigenvalue weighted by Crippen LogP contribution is -2.32. The number of aromatic nitrogens is 2. The normalized spacial score (nSPS) is 12.0. The van der Waals surface area contributed by atoms with Crippen molar-refractivity contribution >= 4 is 31.7 Å². The molecule has 4 aromatic carbocycles. The van der Waals surface area contributed by atoms with E-state index in [-0.39, 0.29) is 17.0 Å². The Bertz CT molecular complexity index is 1750. The maximum absolute atomic E-state index is 13.7. The first kappa shape index (κ1) is 23.0. The van der Waals surface area contributed by atoms with E-state index in [1.165, 1.54) is 15.9 Å². The van der Waals surface area contributed by atoms with Crippen molar-refractivity contribution < 1.29 is 8.42 Å². The Morgan fingerprint density at radius 2 is 1.54 bits per heavy atom. The molecule has 0 atom stereocenters. The van der Waals surface area contributed by atoms with E-state index >= 15 is 0 Å². The van der Waals surface area contributed by atoms with Crippen LogP contribution in [0.15, 0.2) is 94.6 Å². The summed E-state index contributed by atoms with van der Waals surface area (Å²) in [6.45, 7) is 3.85. The van der Waals surface area contributed by atoms with Gasteiger partial charge in [-0.15, -0.1) is 0 Å². The molecule has 1 heterocycles. The Balaban J connectivity index is 1.67. The second-order valence-electron chi connectivity index (χ2n) is 8.71. The first-order valence-corrected chi connectivity index (χ1v) is 12.7. The van der Waals surface area contributed by atoms with Gasteiger partial charge in [-0.3, -0.25) is 9.36 Å². The average Bonchev–Trinajstić information content (AvgIpc) is 2.84. The van der Waals surface area contributed by atoms with Gasteiger partial charge in [-0.1, -0.05) is 66.2 Å². The van der Waals surface area contributed by atoms with E-state index in [1.54, 1.807) is 36.4 Å². The molecule has 35 heavy (non-hydrogen) atoms. The molecule has 0 unspecified atom stereocenters. The molecule has 0 amide bonds. The Hall–Kier alpha value is -3.81. The largest absolute Gasteiger partial charge is 0.268 e. The molecule has 5 aromatic rings. The number of fused-ring (bicyclic) bond motifs is 2. The minimum Gasteiger partial charge on any atom is -0.268 e. The Morgan fingerprint density at radius 1 is 0.857 bits per heavy atom. The molecule has 7 heteroatoms. The monoisotopic (exact) mass is 483 g/mol. The van der Waals surface area contributed by atoms with E-state index in [0.717, 1.165) is 16.5 Å². The first-order valence-electron chi connectivity index (χ1n) is 11.3. The van der Waals surface area contributed by atoms with E-state index in [1.807, 2.05) is 62.4 Å². The molecule has 0 fully saturated rings. The number of benzene rings is 4. The first-order chi connectivity index (χ1) is 16.8. The van der Waals surface area contributed by atoms with Crippen molar-refractivity contribution in [2.24, 2.45) is 0 Å². The predicted octanol–water partition coefficient (Wildman–Crippen LogP) is 4.98. The molecule has 0 N–H and O–H groups in total. The fraction of sp³-hybridized carbons (Fsp3) is 0.143. The van der Waals surface area contributed by atoms with Gasteiger partial charge < -0.3 is 0 Å². The minimum absolute atomic E-state index is 0.0705. The molecule has 0 saturated carbocycles. The molecule has 0 aliphatic carbocycles. The van der Waals surface area contributed by atoms with E-state index in [0.29, 0.717) is 27.8 Å². The molecule has 0 aliphatic heterocycles. The molecule has 5 rings (SSSR count). The highest BCUT2D eigenvalue weighted by Crippen LogP contribution is 2.26. The van der Waals surface area contributed by atoms with E-state index < -0.39 is 10.0 Å². The van der Waals surface area contributed by atoms with Crippen LogP contribution in [-0.4, -0.2) is 29.3 Å². The maximum Gasteiger partial charge on any atom is 0.266 e. The topological polar surface area (TPSA) is 72.3 Å². The van der Waals surface area contributed by atoms with Crippen LogP contribution < -0.4 is 5.56 Å². The van der Waals surface area contributed by atoms with Gasteiger partial charge in [0, 0.05) is 12.4 Å². The summed E-state index contributed by atoms with van der Waals surface area (Å²) >= 11 is 0. The molecule has 0 aliphatic rings. The molecular weight excluding hydrogens is 458 g/mol. The van der Waals surface area contributed by atoms with Gasteiger partial charge in [-0.05, 0) is 49.1 Å². The summed E-state index contributed by atoms with van der Waals surface area (Å²) in [5.74, 6) is 0.354. The van der Waals surface area contributed by atoms with Crippen LogP contribution in [0.1, 0.15) is 17.0 Å². The third kappa shape index (κ3) is 4.03. The van der Waals surface area contributed by atoms with Crippen molar-refractivity contribution in [2.45, 2.75) is 25.3 Å². The number of hydrogen-bond acceptors (Lipinski definition) is 4. The molecule has 0 saturated heterocycles. The Kier molecular flexibility index (Phi) is 5.75. The molecule has 0 radical (unpaired) electrons. The number of nitrogens with zero attached hydrogens (tertiary/aromatic N) is 3. The molecule has 0 spiro atoms. The second kappa shape index (κ2) is 8.76. The third-order valence-corrected chi connectivity index (χ3v) is 8.10. The van der Waals surface area contributed by atoms with Crippen molar-refractivity contribution in [3.05, 3.63) is 112 Å². The van der Waals surface area contributed by atoms with Crippen LogP contribution in [0.25, 0.3) is 27.4 Å². The fourth-order valence-corrected chi connectivity index (χ4v) is 5.80. The highest BCUT2D eigenvalue weighted by Gasteiger charge is 2.25. The van der Waals surface area contributed by atoms with Crippen LogP contribution in [0.3, 0.4) is 0 Å². The standard InChI is InChI=1S/C28H25N3O3S/c1-19-15-16-25(20(2)17-19)31-27(29-24-13-7-6-12-23(24)28(31)32)18-30(3)35(33,34)26-14-8-10-21-9-4-5-11-22(21)26/h4-17H,18H2,1-3H3. The highest BCUT2D eigenvalue weighted by molar-refractivity contribution is 7.89. The average molecular weight is 484 g/mol. The lowest BCUT2D eigenvalue weighted by Gasteiger charge is -2.21. The van der Waals surface area contributed by atoms with Gasteiger partial charge in [0.25, 0.3) is 5.56 Å². The SMILES string of the molecule is Cc1ccc(-n2c(CN(C)S(=O)(=O)c3cccc4ccccc34)nc3ccccc3c2=O)c(C)c1. The summed E-state index contributed by atoms with van der Waals surface area (Å²) in [5.41, 5.74) is 2.97. The number of sulfonamides is 1. The zero-order valence-corrected chi connectivity index (χ0v) is 20.6. The van der Waals surface area contributed by atoms with Crippen LogP contribution in [-0.2, 0) is 16.6 Å². The lowest BCUT2D eigenvalue weighted by molar-refractivity contribution is 0.452. The number of rotatable bonds is 5. The van der Waals surface area contributed by atoms with Gasteiger partial charge in [0.15, 0.2) is 0 Å². The Morgan fingerprint density at radius 3 is 2.31 bits per heavy atom. The molecule has 1 aromatic heterocycles. The van der Waals surface area contributed by atoms with Crippen LogP contribution in [0.2, 0.25) is 0 Å². The van der Waals surface area contributed by atoms with Crippen LogP contribution >= 0.6 is 0 Å². The smallest absolute Gasteiger partial charge is 0.266 e. The summed E-state index contributed by atoms with van der Waals surface area (Å²) in [4.78, 5) is 18.6. The van der Waals surface area contributed by atoms with Gasteiger partial charge in [-0.25, -0.2) is 13.4 Å². The maximum atomic E-state index is 13.7. The van der Waals surface area contributed by atoms with Gasteiger partial charge in [0.2, 0.25) is 10.0 Å². The number of aryl methyl sites for hydroxylation is 2. The van der Waals surface area contributed by atoms with Crippen LogP contribution in [0.4, 0.5) is 0 Å². The highest BCUT2D eigenvalue weighted by atomic mass is 32.2. The van der Waals surface area contributed by atoms with Crippen molar-refractivity contribution in [3.8, 4) is 5.69 Å². The van der Waals surface area contributed by atoms with Crippen molar-refractivity contribution in [3.63, 3.8) is 0 Å². The van der Waals surface area contributed by atoms with Crippen molar-refractivity contribution in [1.82, 2.24) is 13.9 Å². The number of para-hydroxylation sites is 1. The van der Waals surface area contributed by atoms with E-state index in [9.17, 15) is 13.2 Å². The quantitative estimate of drug-likeness (QED) is 0.354. The summed E-state index contributed by atoms with van der Waals surface area (Å²) in [7, 11) is -2.35. The zero-order chi connectivity index (χ0) is 24.7. The third-order valence-electron chi connectivity index (χ3n) is 6.24. The van der Waals surface area contributed by atoms with Crippen molar-refractivity contribution in [1.29, 1.82) is 0 Å². The molecule has 6 nitrogen and oxygen atoms in total. The second-order valence-corrected chi connectivity index (χ2v) is 10.7. The summed E-state index contributed by atoms with van der Waals surface area (Å²) in [6, 6.07) is 25.6. The zero-order valence-electron chi connectivity index (χ0n) is 19.8. The van der Waals surface area contributed by atoms with Gasteiger partial charge in [0.05, 0.1) is 28.0 Å². The van der Waals surface area contributed by atoms with Crippen LogP contribution in [0, 0.1) is 13.8 Å². The molecule has 176 valence electrons. The van der Waals surface area contributed by atoms with Crippen LogP contribution in [0.5, 0.6) is 0 Å². The summed E-state index contributed by atoms with van der Waals surface area (Å²) < 4.78 is 30.1. The van der Waals surface area contributed by atoms with E-state index in [4.69, 9.17) is 4.98 Å². The van der Waals surface area contributed by atoms with E-state index in [2.05, 4.69) is 0 Å². The Labute approximate surface area is 204 Å². The summed E-state index contributed by atoms with van der Waals surface area (Å²) in [5, 5.41) is 1.98. The van der Waals surface area contributed by atoms with Gasteiger partial charge in [0.1, 0.15) is 5.82 Å². The fourth-order valence-electron chi connectivity index (χ4n) is 4.46. The summed E-state index contributed by atoms with van der Waals surface area (Å²) in [6.07, 6.45) is 0.